The van der Waals surface area contributed by atoms with Crippen LogP contribution in [0.15, 0.2) is 18.2 Å². The minimum absolute atomic E-state index is 0.0585. The van der Waals surface area contributed by atoms with Crippen molar-refractivity contribution in [2.24, 2.45) is 5.41 Å². The normalized spacial score (nSPS) is 17.4. The molecule has 0 aromatic heterocycles. The number of nitro groups is 1. The van der Waals surface area contributed by atoms with Crippen molar-refractivity contribution in [3.63, 3.8) is 0 Å². The number of aliphatic hydroxyl groups is 1. The lowest BCUT2D eigenvalue weighted by Crippen LogP contribution is -2.30. The molecule has 0 amide bonds. The number of hydrogen-bond donors (Lipinski definition) is 2. The number of aliphatic hydroxyl groups excluding tert-OH is 1. The molecule has 0 radical (unpaired) electrons. The van der Waals surface area contributed by atoms with E-state index in [-0.39, 0.29) is 22.6 Å². The van der Waals surface area contributed by atoms with Gasteiger partial charge in [0.05, 0.1) is 11.5 Å². The van der Waals surface area contributed by atoms with Gasteiger partial charge in [0.1, 0.15) is 0 Å². The molecule has 2 rings (SSSR count). The van der Waals surface area contributed by atoms with Crippen LogP contribution < -0.4 is 5.32 Å². The standard InChI is InChI=1S/C14H20N2O3/c1-11-4-5-12(16(18)19)8-13(11)15-9-14(10-17)6-2-3-7-14/h4-5,8,15,17H,2-3,6-7,9-10H2,1H3. The van der Waals surface area contributed by atoms with E-state index in [4.69, 9.17) is 0 Å². The Kier molecular flexibility index (Phi) is 4.04. The maximum Gasteiger partial charge on any atom is 0.271 e. The average Bonchev–Trinajstić information content (AvgIpc) is 2.87. The number of anilines is 1. The molecule has 0 saturated heterocycles. The molecule has 1 saturated carbocycles. The zero-order chi connectivity index (χ0) is 13.9. The Morgan fingerprint density at radius 2 is 2.11 bits per heavy atom. The molecule has 19 heavy (non-hydrogen) atoms. The Morgan fingerprint density at radius 3 is 2.68 bits per heavy atom. The van der Waals surface area contributed by atoms with Gasteiger partial charge in [-0.3, -0.25) is 10.1 Å². The van der Waals surface area contributed by atoms with Crippen molar-refractivity contribution in [1.82, 2.24) is 0 Å². The zero-order valence-electron chi connectivity index (χ0n) is 11.2. The van der Waals surface area contributed by atoms with Gasteiger partial charge >= 0.3 is 0 Å². The summed E-state index contributed by atoms with van der Waals surface area (Å²) in [6.45, 7) is 2.77. The molecular formula is C14H20N2O3. The molecule has 1 fully saturated rings. The van der Waals surface area contributed by atoms with Crippen molar-refractivity contribution >= 4 is 11.4 Å². The maximum absolute atomic E-state index is 10.8. The third-order valence-corrected chi connectivity index (χ3v) is 4.09. The van der Waals surface area contributed by atoms with Crippen molar-refractivity contribution in [2.45, 2.75) is 32.6 Å². The Morgan fingerprint density at radius 1 is 1.42 bits per heavy atom. The second kappa shape index (κ2) is 5.57. The van der Waals surface area contributed by atoms with Crippen molar-refractivity contribution in [1.29, 1.82) is 0 Å². The van der Waals surface area contributed by atoms with Crippen LogP contribution in [0.1, 0.15) is 31.2 Å². The fourth-order valence-electron chi connectivity index (χ4n) is 2.71. The summed E-state index contributed by atoms with van der Waals surface area (Å²) in [5.41, 5.74) is 1.81. The molecule has 0 spiro atoms. The van der Waals surface area contributed by atoms with Gasteiger partial charge in [-0.2, -0.15) is 0 Å². The summed E-state index contributed by atoms with van der Waals surface area (Å²) >= 11 is 0. The molecule has 1 aliphatic carbocycles. The molecule has 1 aliphatic rings. The molecule has 0 atom stereocenters. The number of benzene rings is 1. The highest BCUT2D eigenvalue weighted by Crippen LogP contribution is 2.38. The molecule has 104 valence electrons. The Labute approximate surface area is 112 Å². The first-order chi connectivity index (χ1) is 9.06. The monoisotopic (exact) mass is 264 g/mol. The highest BCUT2D eigenvalue weighted by Gasteiger charge is 2.33. The molecule has 1 aromatic carbocycles. The van der Waals surface area contributed by atoms with Crippen molar-refractivity contribution in [2.75, 3.05) is 18.5 Å². The number of rotatable bonds is 5. The van der Waals surface area contributed by atoms with Gasteiger partial charge in [0, 0.05) is 29.8 Å². The van der Waals surface area contributed by atoms with Crippen molar-refractivity contribution < 1.29 is 10.0 Å². The maximum atomic E-state index is 10.8. The second-order valence-electron chi connectivity index (χ2n) is 5.48. The van der Waals surface area contributed by atoms with Crippen molar-refractivity contribution in [3.8, 4) is 0 Å². The molecular weight excluding hydrogens is 244 g/mol. The lowest BCUT2D eigenvalue weighted by molar-refractivity contribution is -0.384. The van der Waals surface area contributed by atoms with E-state index in [1.54, 1.807) is 12.1 Å². The van der Waals surface area contributed by atoms with Gasteiger partial charge in [-0.1, -0.05) is 18.9 Å². The molecule has 1 aromatic rings. The summed E-state index contributed by atoms with van der Waals surface area (Å²) in [6, 6.07) is 4.83. The second-order valence-corrected chi connectivity index (χ2v) is 5.48. The summed E-state index contributed by atoms with van der Waals surface area (Å²) in [5, 5.41) is 23.6. The number of aryl methyl sites for hydroxylation is 1. The van der Waals surface area contributed by atoms with Crippen LogP contribution >= 0.6 is 0 Å². The topological polar surface area (TPSA) is 75.4 Å². The number of non-ortho nitro benzene ring substituents is 1. The van der Waals surface area contributed by atoms with Crippen LogP contribution in [-0.2, 0) is 0 Å². The van der Waals surface area contributed by atoms with Gasteiger partial charge in [-0.05, 0) is 25.3 Å². The quantitative estimate of drug-likeness (QED) is 0.633. The summed E-state index contributed by atoms with van der Waals surface area (Å²) in [5.74, 6) is 0. The minimum Gasteiger partial charge on any atom is -0.396 e. The van der Waals surface area contributed by atoms with Crippen LogP contribution in [0.3, 0.4) is 0 Å². The van der Waals surface area contributed by atoms with Gasteiger partial charge in [0.25, 0.3) is 5.69 Å². The lowest BCUT2D eigenvalue weighted by atomic mass is 9.87. The molecule has 2 N–H and O–H groups in total. The first-order valence-electron chi connectivity index (χ1n) is 6.66. The Hall–Kier alpha value is -1.62. The largest absolute Gasteiger partial charge is 0.396 e. The van der Waals surface area contributed by atoms with Gasteiger partial charge in [-0.15, -0.1) is 0 Å². The van der Waals surface area contributed by atoms with Crippen LogP contribution in [-0.4, -0.2) is 23.2 Å². The van der Waals surface area contributed by atoms with Crippen molar-refractivity contribution in [3.05, 3.63) is 33.9 Å². The predicted octanol–water partition coefficient (Wildman–Crippen LogP) is 2.87. The van der Waals surface area contributed by atoms with Crippen LogP contribution in [0.5, 0.6) is 0 Å². The third kappa shape index (κ3) is 3.04. The van der Waals surface area contributed by atoms with E-state index in [1.807, 2.05) is 6.92 Å². The van der Waals surface area contributed by atoms with Crippen LogP contribution in [0, 0.1) is 22.5 Å². The summed E-state index contributed by atoms with van der Waals surface area (Å²) in [6.07, 6.45) is 4.33. The summed E-state index contributed by atoms with van der Waals surface area (Å²) in [7, 11) is 0. The molecule has 0 bridgehead atoms. The van der Waals surface area contributed by atoms with Gasteiger partial charge in [-0.25, -0.2) is 0 Å². The third-order valence-electron chi connectivity index (χ3n) is 4.09. The van der Waals surface area contributed by atoms with Crippen LogP contribution in [0.4, 0.5) is 11.4 Å². The Balaban J connectivity index is 2.10. The van der Waals surface area contributed by atoms with Crippen LogP contribution in [0.2, 0.25) is 0 Å². The van der Waals surface area contributed by atoms with Crippen LogP contribution in [0.25, 0.3) is 0 Å². The van der Waals surface area contributed by atoms with E-state index >= 15 is 0 Å². The van der Waals surface area contributed by atoms with E-state index in [2.05, 4.69) is 5.32 Å². The summed E-state index contributed by atoms with van der Waals surface area (Å²) in [4.78, 5) is 10.4. The number of nitrogens with zero attached hydrogens (tertiary/aromatic N) is 1. The van der Waals surface area contributed by atoms with Gasteiger partial charge in [0.15, 0.2) is 0 Å². The molecule has 5 nitrogen and oxygen atoms in total. The van der Waals surface area contributed by atoms with E-state index in [9.17, 15) is 15.2 Å². The van der Waals surface area contributed by atoms with E-state index in [1.165, 1.54) is 6.07 Å². The smallest absolute Gasteiger partial charge is 0.271 e. The fourth-order valence-corrected chi connectivity index (χ4v) is 2.71. The highest BCUT2D eigenvalue weighted by atomic mass is 16.6. The number of nitrogens with one attached hydrogen (secondary N) is 1. The highest BCUT2D eigenvalue weighted by molar-refractivity contribution is 5.56. The molecule has 0 unspecified atom stereocenters. The van der Waals surface area contributed by atoms with Gasteiger partial charge in [0.2, 0.25) is 0 Å². The first kappa shape index (κ1) is 13.8. The van der Waals surface area contributed by atoms with E-state index in [0.717, 1.165) is 36.9 Å². The van der Waals surface area contributed by atoms with E-state index < -0.39 is 0 Å². The van der Waals surface area contributed by atoms with E-state index in [0.29, 0.717) is 6.54 Å². The summed E-state index contributed by atoms with van der Waals surface area (Å²) < 4.78 is 0. The minimum atomic E-state index is -0.387. The predicted molar refractivity (Wildman–Crippen MR) is 74.3 cm³/mol. The molecule has 5 heteroatoms. The first-order valence-corrected chi connectivity index (χ1v) is 6.66. The zero-order valence-corrected chi connectivity index (χ0v) is 11.2. The lowest BCUT2D eigenvalue weighted by Gasteiger charge is -2.27. The average molecular weight is 264 g/mol. The SMILES string of the molecule is Cc1ccc([N+](=O)[O-])cc1NCC1(CO)CCCC1. The number of hydrogen-bond acceptors (Lipinski definition) is 4. The number of nitro benzene ring substituents is 1. The molecule has 0 heterocycles. The molecule has 0 aliphatic heterocycles. The fraction of sp³-hybridized carbons (Fsp3) is 0.571. The van der Waals surface area contributed by atoms with Gasteiger partial charge < -0.3 is 10.4 Å². The Bertz CT molecular complexity index is 468.